The number of aromatic nitrogens is 1. The summed E-state index contributed by atoms with van der Waals surface area (Å²) in [4.78, 5) is 17.5. The fourth-order valence-electron chi connectivity index (χ4n) is 3.37. The summed E-state index contributed by atoms with van der Waals surface area (Å²) in [7, 11) is 0. The van der Waals surface area contributed by atoms with Crippen molar-refractivity contribution in [1.82, 2.24) is 9.88 Å². The van der Waals surface area contributed by atoms with Crippen molar-refractivity contribution in [3.8, 4) is 0 Å². The molecule has 1 amide bonds. The molecule has 1 N–H and O–H groups in total. The van der Waals surface area contributed by atoms with Crippen molar-refractivity contribution in [2.24, 2.45) is 5.92 Å². The number of aromatic amines is 1. The Morgan fingerprint density at radius 3 is 3.24 bits per heavy atom. The molecule has 3 rings (SSSR count). The Hall–Kier alpha value is -1.59. The van der Waals surface area contributed by atoms with E-state index < -0.39 is 0 Å². The molecule has 1 aromatic rings. The van der Waals surface area contributed by atoms with Crippen molar-refractivity contribution < 1.29 is 14.3 Å². The van der Waals surface area contributed by atoms with Crippen LogP contribution in [-0.2, 0) is 9.47 Å². The first kappa shape index (κ1) is 14.4. The van der Waals surface area contributed by atoms with Gasteiger partial charge in [-0.1, -0.05) is 6.08 Å². The monoisotopic (exact) mass is 290 g/mol. The SMILES string of the molecule is C=CCOCC1C[C@@H]2[C@@H](C1)OCCN2C(=O)c1ccc[nH]1. The highest BCUT2D eigenvalue weighted by atomic mass is 16.5. The van der Waals surface area contributed by atoms with Gasteiger partial charge in [-0.25, -0.2) is 0 Å². The van der Waals surface area contributed by atoms with Gasteiger partial charge in [0, 0.05) is 19.3 Å². The highest BCUT2D eigenvalue weighted by Crippen LogP contribution is 2.35. The molecule has 5 nitrogen and oxygen atoms in total. The number of rotatable bonds is 5. The van der Waals surface area contributed by atoms with Crippen LogP contribution in [0.2, 0.25) is 0 Å². The molecule has 2 fully saturated rings. The summed E-state index contributed by atoms with van der Waals surface area (Å²) in [5, 5.41) is 0. The summed E-state index contributed by atoms with van der Waals surface area (Å²) < 4.78 is 11.4. The topological polar surface area (TPSA) is 54.6 Å². The molecule has 21 heavy (non-hydrogen) atoms. The average molecular weight is 290 g/mol. The molecule has 0 bridgehead atoms. The number of amides is 1. The number of nitrogens with zero attached hydrogens (tertiary/aromatic N) is 1. The number of ether oxygens (including phenoxy) is 2. The van der Waals surface area contributed by atoms with E-state index >= 15 is 0 Å². The number of hydrogen-bond donors (Lipinski definition) is 1. The molecule has 3 atom stereocenters. The van der Waals surface area contributed by atoms with E-state index in [0.29, 0.717) is 38.0 Å². The lowest BCUT2D eigenvalue weighted by Gasteiger charge is -2.37. The Morgan fingerprint density at radius 1 is 1.57 bits per heavy atom. The number of H-pyrrole nitrogens is 1. The number of morpholine rings is 1. The first-order valence-electron chi connectivity index (χ1n) is 7.54. The van der Waals surface area contributed by atoms with Crippen molar-refractivity contribution >= 4 is 5.91 Å². The Bertz CT molecular complexity index is 486. The van der Waals surface area contributed by atoms with Gasteiger partial charge in [0.05, 0.1) is 25.4 Å². The number of nitrogens with one attached hydrogen (secondary N) is 1. The van der Waals surface area contributed by atoms with Crippen molar-refractivity contribution in [3.63, 3.8) is 0 Å². The molecule has 1 aliphatic heterocycles. The molecule has 0 radical (unpaired) electrons. The highest BCUT2D eigenvalue weighted by molar-refractivity contribution is 5.92. The minimum atomic E-state index is 0.0750. The van der Waals surface area contributed by atoms with Crippen molar-refractivity contribution in [3.05, 3.63) is 36.7 Å². The van der Waals surface area contributed by atoms with Gasteiger partial charge in [-0.05, 0) is 30.9 Å². The van der Waals surface area contributed by atoms with Crippen molar-refractivity contribution in [2.45, 2.75) is 25.0 Å². The van der Waals surface area contributed by atoms with Crippen LogP contribution in [0.1, 0.15) is 23.3 Å². The Balaban J connectivity index is 1.64. The van der Waals surface area contributed by atoms with Crippen molar-refractivity contribution in [2.75, 3.05) is 26.4 Å². The van der Waals surface area contributed by atoms with Crippen molar-refractivity contribution in [1.29, 1.82) is 0 Å². The molecule has 5 heteroatoms. The molecule has 1 unspecified atom stereocenters. The fraction of sp³-hybridized carbons (Fsp3) is 0.562. The largest absolute Gasteiger partial charge is 0.377 e. The molecule has 2 aliphatic rings. The van der Waals surface area contributed by atoms with Gasteiger partial charge in [0.15, 0.2) is 0 Å². The standard InChI is InChI=1S/C16H22N2O3/c1-2-7-20-11-12-9-14-15(10-12)21-8-6-18(14)16(19)13-4-3-5-17-13/h2-5,12,14-15,17H,1,6-11H2/t12?,14-,15-/m1/s1. The highest BCUT2D eigenvalue weighted by Gasteiger charge is 2.43. The van der Waals surface area contributed by atoms with E-state index in [1.807, 2.05) is 17.0 Å². The molecular formula is C16H22N2O3. The summed E-state index contributed by atoms with van der Waals surface area (Å²) in [5.41, 5.74) is 0.655. The zero-order valence-electron chi connectivity index (χ0n) is 12.2. The first-order valence-corrected chi connectivity index (χ1v) is 7.54. The van der Waals surface area contributed by atoms with Crippen LogP contribution in [0.5, 0.6) is 0 Å². The second-order valence-corrected chi connectivity index (χ2v) is 5.72. The lowest BCUT2D eigenvalue weighted by Crippen LogP contribution is -2.51. The summed E-state index contributed by atoms with van der Waals surface area (Å²) in [6.45, 7) is 6.24. The lowest BCUT2D eigenvalue weighted by atomic mass is 10.1. The molecule has 114 valence electrons. The maximum atomic E-state index is 12.6. The van der Waals surface area contributed by atoms with Crippen LogP contribution in [-0.4, -0.2) is 54.3 Å². The molecule has 1 saturated heterocycles. The summed E-state index contributed by atoms with van der Waals surface area (Å²) >= 11 is 0. The second kappa shape index (κ2) is 6.45. The zero-order chi connectivity index (χ0) is 14.7. The third-order valence-corrected chi connectivity index (χ3v) is 4.31. The molecule has 0 aromatic carbocycles. The smallest absolute Gasteiger partial charge is 0.270 e. The Morgan fingerprint density at radius 2 is 2.48 bits per heavy atom. The number of carbonyl (C=O) groups is 1. The van der Waals surface area contributed by atoms with Gasteiger partial charge in [0.2, 0.25) is 0 Å². The van der Waals surface area contributed by atoms with Crippen LogP contribution < -0.4 is 0 Å². The van der Waals surface area contributed by atoms with Crippen LogP contribution >= 0.6 is 0 Å². The van der Waals surface area contributed by atoms with Gasteiger partial charge in [-0.3, -0.25) is 4.79 Å². The molecular weight excluding hydrogens is 268 g/mol. The predicted octanol–water partition coefficient (Wildman–Crippen LogP) is 1.84. The Kier molecular flexibility index (Phi) is 4.41. The van der Waals surface area contributed by atoms with Crippen LogP contribution in [0.15, 0.2) is 31.0 Å². The van der Waals surface area contributed by atoms with Gasteiger partial charge in [0.25, 0.3) is 5.91 Å². The second-order valence-electron chi connectivity index (χ2n) is 5.72. The molecule has 0 spiro atoms. The maximum Gasteiger partial charge on any atom is 0.270 e. The van der Waals surface area contributed by atoms with Gasteiger partial charge >= 0.3 is 0 Å². The molecule has 2 heterocycles. The predicted molar refractivity (Wildman–Crippen MR) is 79.1 cm³/mol. The summed E-state index contributed by atoms with van der Waals surface area (Å²) in [6, 6.07) is 3.85. The molecule has 1 aliphatic carbocycles. The third-order valence-electron chi connectivity index (χ3n) is 4.31. The molecule has 1 saturated carbocycles. The van der Waals surface area contributed by atoms with E-state index in [9.17, 15) is 4.79 Å². The van der Waals surface area contributed by atoms with Gasteiger partial charge in [-0.15, -0.1) is 6.58 Å². The van der Waals surface area contributed by atoms with Crippen LogP contribution in [0, 0.1) is 5.92 Å². The van der Waals surface area contributed by atoms with Gasteiger partial charge in [-0.2, -0.15) is 0 Å². The zero-order valence-corrected chi connectivity index (χ0v) is 12.2. The fourth-order valence-corrected chi connectivity index (χ4v) is 3.37. The van der Waals surface area contributed by atoms with E-state index in [1.54, 1.807) is 12.3 Å². The first-order chi connectivity index (χ1) is 10.3. The lowest BCUT2D eigenvalue weighted by molar-refractivity contribution is -0.0451. The van der Waals surface area contributed by atoms with E-state index in [1.165, 1.54) is 0 Å². The maximum absolute atomic E-state index is 12.6. The average Bonchev–Trinajstić information content (AvgIpc) is 3.15. The minimum absolute atomic E-state index is 0.0750. The number of carbonyl (C=O) groups excluding carboxylic acids is 1. The van der Waals surface area contributed by atoms with E-state index in [0.717, 1.165) is 12.8 Å². The number of fused-ring (bicyclic) bond motifs is 1. The van der Waals surface area contributed by atoms with E-state index in [2.05, 4.69) is 11.6 Å². The van der Waals surface area contributed by atoms with Gasteiger partial charge in [0.1, 0.15) is 5.69 Å². The quantitative estimate of drug-likeness (QED) is 0.665. The van der Waals surface area contributed by atoms with Gasteiger partial charge < -0.3 is 19.4 Å². The Labute approximate surface area is 124 Å². The summed E-state index contributed by atoms with van der Waals surface area (Å²) in [6.07, 6.45) is 5.62. The third kappa shape index (κ3) is 3.04. The number of hydrogen-bond acceptors (Lipinski definition) is 3. The van der Waals surface area contributed by atoms with Crippen LogP contribution in [0.4, 0.5) is 0 Å². The normalized spacial score (nSPS) is 28.4. The summed E-state index contributed by atoms with van der Waals surface area (Å²) in [5.74, 6) is 0.531. The van der Waals surface area contributed by atoms with Crippen LogP contribution in [0.3, 0.4) is 0 Å². The molecule has 1 aromatic heterocycles. The van der Waals surface area contributed by atoms with E-state index in [-0.39, 0.29) is 18.1 Å². The van der Waals surface area contributed by atoms with E-state index in [4.69, 9.17) is 9.47 Å². The minimum Gasteiger partial charge on any atom is -0.377 e. The van der Waals surface area contributed by atoms with Crippen LogP contribution in [0.25, 0.3) is 0 Å².